The van der Waals surface area contributed by atoms with Crippen LogP contribution in [0.2, 0.25) is 0 Å². The van der Waals surface area contributed by atoms with E-state index >= 15 is 0 Å². The molecular weight excluding hydrogens is 382 g/mol. The van der Waals surface area contributed by atoms with Crippen LogP contribution in [-0.2, 0) is 4.74 Å². The summed E-state index contributed by atoms with van der Waals surface area (Å²) < 4.78 is 10.8. The van der Waals surface area contributed by atoms with Gasteiger partial charge < -0.3 is 20.1 Å². The third-order valence-electron chi connectivity index (χ3n) is 5.28. The van der Waals surface area contributed by atoms with Crippen LogP contribution in [0.5, 0.6) is 5.75 Å². The number of hydrogen-bond acceptors (Lipinski definition) is 4. The molecule has 0 saturated carbocycles. The number of hydrogen-bond donors (Lipinski definition) is 2. The van der Waals surface area contributed by atoms with E-state index < -0.39 is 0 Å². The minimum absolute atomic E-state index is 0.216. The number of rotatable bonds is 7. The first-order chi connectivity index (χ1) is 14.1. The molecule has 0 spiro atoms. The SMILES string of the molecule is COc1ccc(C(CNC(=S)Nc2ccc(C(C)C)cc2)N2CCOCC2)cc1. The fraction of sp³-hybridized carbons (Fsp3) is 0.435. The number of anilines is 1. The van der Waals surface area contributed by atoms with Crippen LogP contribution in [0.4, 0.5) is 5.69 Å². The van der Waals surface area contributed by atoms with Crippen LogP contribution >= 0.6 is 12.2 Å². The van der Waals surface area contributed by atoms with E-state index in [1.54, 1.807) is 7.11 Å². The van der Waals surface area contributed by atoms with Crippen LogP contribution in [0.1, 0.15) is 36.9 Å². The van der Waals surface area contributed by atoms with Crippen LogP contribution in [0.25, 0.3) is 0 Å². The lowest BCUT2D eigenvalue weighted by atomic mass is 10.0. The average Bonchev–Trinajstić information content (AvgIpc) is 2.75. The van der Waals surface area contributed by atoms with Gasteiger partial charge in [-0.1, -0.05) is 38.1 Å². The average molecular weight is 414 g/mol. The van der Waals surface area contributed by atoms with Crippen LogP contribution in [0.3, 0.4) is 0 Å². The Bertz CT molecular complexity index is 772. The van der Waals surface area contributed by atoms with Crippen molar-refractivity contribution in [2.75, 3.05) is 45.3 Å². The lowest BCUT2D eigenvalue weighted by Crippen LogP contribution is -2.44. The zero-order chi connectivity index (χ0) is 20.6. The van der Waals surface area contributed by atoms with Crippen molar-refractivity contribution in [3.63, 3.8) is 0 Å². The van der Waals surface area contributed by atoms with Crippen molar-refractivity contribution >= 4 is 23.0 Å². The van der Waals surface area contributed by atoms with Gasteiger partial charge in [0, 0.05) is 25.3 Å². The van der Waals surface area contributed by atoms with Crippen LogP contribution in [0, 0.1) is 0 Å². The van der Waals surface area contributed by atoms with Gasteiger partial charge in [-0.15, -0.1) is 0 Å². The van der Waals surface area contributed by atoms with Crippen molar-refractivity contribution in [3.8, 4) is 5.75 Å². The molecule has 6 heteroatoms. The van der Waals surface area contributed by atoms with Crippen molar-refractivity contribution in [2.45, 2.75) is 25.8 Å². The lowest BCUT2D eigenvalue weighted by Gasteiger charge is -2.35. The van der Waals surface area contributed by atoms with E-state index in [0.717, 1.165) is 44.3 Å². The second-order valence-corrected chi connectivity index (χ2v) is 7.96. The Morgan fingerprint density at radius 1 is 1.03 bits per heavy atom. The zero-order valence-corrected chi connectivity index (χ0v) is 18.3. The Labute approximate surface area is 179 Å². The Morgan fingerprint density at radius 2 is 1.66 bits per heavy atom. The molecule has 0 amide bonds. The van der Waals surface area contributed by atoms with Gasteiger partial charge in [0.2, 0.25) is 0 Å². The van der Waals surface area contributed by atoms with Gasteiger partial charge in [-0.2, -0.15) is 0 Å². The van der Waals surface area contributed by atoms with E-state index in [2.05, 4.69) is 65.8 Å². The molecule has 1 aliphatic rings. The zero-order valence-electron chi connectivity index (χ0n) is 17.5. The molecule has 156 valence electrons. The van der Waals surface area contributed by atoms with Gasteiger partial charge in [-0.05, 0) is 53.5 Å². The van der Waals surface area contributed by atoms with Crippen molar-refractivity contribution < 1.29 is 9.47 Å². The third-order valence-corrected chi connectivity index (χ3v) is 5.52. The van der Waals surface area contributed by atoms with E-state index in [1.165, 1.54) is 11.1 Å². The third kappa shape index (κ3) is 6.16. The molecule has 0 aromatic heterocycles. The highest BCUT2D eigenvalue weighted by Crippen LogP contribution is 2.24. The van der Waals surface area contributed by atoms with E-state index in [0.29, 0.717) is 11.0 Å². The van der Waals surface area contributed by atoms with Gasteiger partial charge in [0.25, 0.3) is 0 Å². The maximum absolute atomic E-state index is 5.54. The number of methoxy groups -OCH3 is 1. The molecule has 1 atom stereocenters. The molecule has 2 aromatic rings. The summed E-state index contributed by atoms with van der Waals surface area (Å²) in [7, 11) is 1.69. The monoisotopic (exact) mass is 413 g/mol. The van der Waals surface area contributed by atoms with E-state index in [9.17, 15) is 0 Å². The number of benzene rings is 2. The molecule has 0 radical (unpaired) electrons. The van der Waals surface area contributed by atoms with Crippen molar-refractivity contribution in [2.24, 2.45) is 0 Å². The highest BCUT2D eigenvalue weighted by molar-refractivity contribution is 7.80. The van der Waals surface area contributed by atoms with Crippen LogP contribution < -0.4 is 15.4 Å². The molecule has 29 heavy (non-hydrogen) atoms. The number of nitrogens with zero attached hydrogens (tertiary/aromatic N) is 1. The molecule has 1 saturated heterocycles. The Kier molecular flexibility index (Phi) is 7.86. The number of morpholine rings is 1. The molecule has 0 bridgehead atoms. The molecule has 1 fully saturated rings. The van der Waals surface area contributed by atoms with Crippen molar-refractivity contribution in [1.29, 1.82) is 0 Å². The van der Waals surface area contributed by atoms with Gasteiger partial charge in [-0.3, -0.25) is 4.90 Å². The highest BCUT2D eigenvalue weighted by Gasteiger charge is 2.23. The van der Waals surface area contributed by atoms with Gasteiger partial charge >= 0.3 is 0 Å². The topological polar surface area (TPSA) is 45.8 Å². The maximum Gasteiger partial charge on any atom is 0.170 e. The molecule has 5 nitrogen and oxygen atoms in total. The van der Waals surface area contributed by atoms with Crippen LogP contribution in [0.15, 0.2) is 48.5 Å². The maximum atomic E-state index is 5.54. The lowest BCUT2D eigenvalue weighted by molar-refractivity contribution is 0.0170. The van der Waals surface area contributed by atoms with Crippen molar-refractivity contribution in [3.05, 3.63) is 59.7 Å². The summed E-state index contributed by atoms with van der Waals surface area (Å²) in [6, 6.07) is 16.9. The Balaban J connectivity index is 1.62. The molecular formula is C23H31N3O2S. The largest absolute Gasteiger partial charge is 0.497 e. The smallest absolute Gasteiger partial charge is 0.170 e. The van der Waals surface area contributed by atoms with Gasteiger partial charge in [0.1, 0.15) is 5.75 Å². The summed E-state index contributed by atoms with van der Waals surface area (Å²) >= 11 is 5.54. The van der Waals surface area contributed by atoms with E-state index in [1.807, 2.05) is 12.1 Å². The fourth-order valence-electron chi connectivity index (χ4n) is 3.49. The van der Waals surface area contributed by atoms with Crippen molar-refractivity contribution in [1.82, 2.24) is 10.2 Å². The first-order valence-corrected chi connectivity index (χ1v) is 10.6. The summed E-state index contributed by atoms with van der Waals surface area (Å²) in [6.07, 6.45) is 0. The van der Waals surface area contributed by atoms with E-state index in [-0.39, 0.29) is 6.04 Å². The number of thiocarbonyl (C=S) groups is 1. The summed E-state index contributed by atoms with van der Waals surface area (Å²) in [4.78, 5) is 2.44. The molecule has 0 aliphatic carbocycles. The Morgan fingerprint density at radius 3 is 2.24 bits per heavy atom. The molecule has 2 N–H and O–H groups in total. The second kappa shape index (κ2) is 10.6. The van der Waals surface area contributed by atoms with Gasteiger partial charge in [-0.25, -0.2) is 0 Å². The summed E-state index contributed by atoms with van der Waals surface area (Å²) in [5.74, 6) is 1.39. The predicted molar refractivity (Wildman–Crippen MR) is 123 cm³/mol. The first-order valence-electron chi connectivity index (χ1n) is 10.2. The van der Waals surface area contributed by atoms with E-state index in [4.69, 9.17) is 21.7 Å². The van der Waals surface area contributed by atoms with Gasteiger partial charge in [0.15, 0.2) is 5.11 Å². The molecule has 1 unspecified atom stereocenters. The molecule has 2 aromatic carbocycles. The second-order valence-electron chi connectivity index (χ2n) is 7.55. The summed E-state index contributed by atoms with van der Waals surface area (Å²) in [5, 5.41) is 7.33. The molecule has 1 aliphatic heterocycles. The first kappa shape index (κ1) is 21.6. The number of ether oxygens (including phenoxy) is 2. The normalized spacial score (nSPS) is 15.7. The molecule has 1 heterocycles. The number of nitrogens with one attached hydrogen (secondary N) is 2. The predicted octanol–water partition coefficient (Wildman–Crippen LogP) is 4.18. The quantitative estimate of drug-likeness (QED) is 0.664. The fourth-order valence-corrected chi connectivity index (χ4v) is 3.69. The van der Waals surface area contributed by atoms with Gasteiger partial charge in [0.05, 0.1) is 26.4 Å². The standard InChI is InChI=1S/C23H31N3O2S/c1-17(2)18-4-8-20(9-5-18)25-23(29)24-16-22(26-12-14-28-15-13-26)19-6-10-21(27-3)11-7-19/h4-11,17,22H,12-16H2,1-3H3,(H2,24,25,29). The Hall–Kier alpha value is -2.15. The molecule has 3 rings (SSSR count). The highest BCUT2D eigenvalue weighted by atomic mass is 32.1. The van der Waals surface area contributed by atoms with Crippen LogP contribution in [-0.4, -0.2) is 50.0 Å². The minimum atomic E-state index is 0.216. The summed E-state index contributed by atoms with van der Waals surface area (Å²) in [5.41, 5.74) is 3.56. The summed E-state index contributed by atoms with van der Waals surface area (Å²) in [6.45, 7) is 8.46. The minimum Gasteiger partial charge on any atom is -0.497 e.